The van der Waals surface area contributed by atoms with Crippen molar-refractivity contribution in [3.63, 3.8) is 0 Å². The molecule has 0 unspecified atom stereocenters. The first-order valence-electron chi connectivity index (χ1n) is 6.30. The van der Waals surface area contributed by atoms with Crippen LogP contribution in [0.5, 0.6) is 0 Å². The number of hydrogen-bond donors (Lipinski definition) is 0. The van der Waals surface area contributed by atoms with E-state index < -0.39 is 0 Å². The van der Waals surface area contributed by atoms with Gasteiger partial charge in [-0.3, -0.25) is 9.78 Å². The van der Waals surface area contributed by atoms with Crippen molar-refractivity contribution in [3.05, 3.63) is 65.4 Å². The lowest BCUT2D eigenvalue weighted by atomic mass is 10.0. The monoisotopic (exact) mass is 245 g/mol. The Morgan fingerprint density at radius 1 is 0.947 bits per heavy atom. The zero-order valence-electron chi connectivity index (χ0n) is 10.5. The molecule has 0 radical (unpaired) electrons. The van der Waals surface area contributed by atoms with Crippen LogP contribution >= 0.6 is 0 Å². The molecule has 2 heteroatoms. The highest BCUT2D eigenvalue weighted by Crippen LogP contribution is 2.40. The summed E-state index contributed by atoms with van der Waals surface area (Å²) in [6, 6.07) is 13.8. The maximum absolute atomic E-state index is 12.6. The maximum Gasteiger partial charge on any atom is 0.196 e. The molecule has 0 bridgehead atoms. The molecule has 0 spiro atoms. The van der Waals surface area contributed by atoms with Crippen molar-refractivity contribution in [2.75, 3.05) is 0 Å². The predicted molar refractivity (Wildman–Crippen MR) is 75.3 cm³/mol. The average molecular weight is 245 g/mol. The molecule has 3 aromatic rings. The first-order valence-corrected chi connectivity index (χ1v) is 6.30. The number of hydrogen-bond acceptors (Lipinski definition) is 2. The lowest BCUT2D eigenvalue weighted by Crippen LogP contribution is -1.96. The third-order valence-electron chi connectivity index (χ3n) is 3.78. The van der Waals surface area contributed by atoms with Gasteiger partial charge in [-0.2, -0.15) is 0 Å². The van der Waals surface area contributed by atoms with Crippen molar-refractivity contribution in [3.8, 4) is 11.3 Å². The van der Waals surface area contributed by atoms with E-state index in [1.165, 1.54) is 0 Å². The maximum atomic E-state index is 12.6. The molecule has 90 valence electrons. The highest BCUT2D eigenvalue weighted by molar-refractivity contribution is 6.26. The van der Waals surface area contributed by atoms with Gasteiger partial charge in [0.25, 0.3) is 0 Å². The first kappa shape index (κ1) is 10.4. The van der Waals surface area contributed by atoms with Crippen LogP contribution in [0, 0.1) is 6.92 Å². The Bertz CT molecular complexity index is 849. The molecular formula is C17H11NO. The van der Waals surface area contributed by atoms with Gasteiger partial charge in [-0.25, -0.2) is 0 Å². The van der Waals surface area contributed by atoms with Gasteiger partial charge >= 0.3 is 0 Å². The van der Waals surface area contributed by atoms with Gasteiger partial charge in [0.15, 0.2) is 5.78 Å². The SMILES string of the molecule is Cc1cccc2c1-c1ncc3ccccc3c1C2=O. The minimum atomic E-state index is 0.0954. The van der Waals surface area contributed by atoms with Crippen LogP contribution in [0.4, 0.5) is 0 Å². The van der Waals surface area contributed by atoms with Crippen LogP contribution in [-0.2, 0) is 0 Å². The van der Waals surface area contributed by atoms with Crippen molar-refractivity contribution in [2.45, 2.75) is 6.92 Å². The Balaban J connectivity index is 2.19. The van der Waals surface area contributed by atoms with Crippen molar-refractivity contribution >= 4 is 16.6 Å². The molecule has 1 aliphatic rings. The normalized spacial score (nSPS) is 12.6. The van der Waals surface area contributed by atoms with E-state index in [1.807, 2.05) is 55.6 Å². The zero-order chi connectivity index (χ0) is 13.0. The Morgan fingerprint density at radius 3 is 2.68 bits per heavy atom. The molecule has 2 aromatic carbocycles. The summed E-state index contributed by atoms with van der Waals surface area (Å²) in [6.07, 6.45) is 1.85. The summed E-state index contributed by atoms with van der Waals surface area (Å²) in [4.78, 5) is 17.1. The van der Waals surface area contributed by atoms with Crippen LogP contribution in [-0.4, -0.2) is 10.8 Å². The number of aromatic nitrogens is 1. The number of carbonyl (C=O) groups is 1. The molecule has 0 aliphatic heterocycles. The second kappa shape index (κ2) is 3.51. The van der Waals surface area contributed by atoms with Gasteiger partial charge in [-0.1, -0.05) is 42.5 Å². The van der Waals surface area contributed by atoms with Crippen LogP contribution in [0.1, 0.15) is 21.5 Å². The largest absolute Gasteiger partial charge is 0.288 e. The fourth-order valence-electron chi connectivity index (χ4n) is 2.89. The van der Waals surface area contributed by atoms with Crippen LogP contribution in [0.25, 0.3) is 22.0 Å². The molecule has 1 aliphatic carbocycles. The topological polar surface area (TPSA) is 30.0 Å². The van der Waals surface area contributed by atoms with Gasteiger partial charge in [0, 0.05) is 22.7 Å². The Morgan fingerprint density at radius 2 is 1.79 bits per heavy atom. The summed E-state index contributed by atoms with van der Waals surface area (Å²) in [5, 5.41) is 2.01. The van der Waals surface area contributed by atoms with Crippen molar-refractivity contribution < 1.29 is 4.79 Å². The molecule has 2 nitrogen and oxygen atoms in total. The van der Waals surface area contributed by atoms with Gasteiger partial charge in [0.05, 0.1) is 11.3 Å². The van der Waals surface area contributed by atoms with E-state index in [0.717, 1.165) is 38.7 Å². The second-order valence-corrected chi connectivity index (χ2v) is 4.90. The van der Waals surface area contributed by atoms with E-state index in [1.54, 1.807) is 0 Å². The van der Waals surface area contributed by atoms with Crippen LogP contribution < -0.4 is 0 Å². The van der Waals surface area contributed by atoms with Crippen molar-refractivity contribution in [1.82, 2.24) is 4.98 Å². The van der Waals surface area contributed by atoms with Crippen molar-refractivity contribution in [1.29, 1.82) is 0 Å². The Labute approximate surface area is 110 Å². The van der Waals surface area contributed by atoms with E-state index in [-0.39, 0.29) is 5.78 Å². The first-order chi connectivity index (χ1) is 9.27. The van der Waals surface area contributed by atoms with E-state index in [2.05, 4.69) is 4.98 Å². The number of nitrogens with zero attached hydrogens (tertiary/aromatic N) is 1. The highest BCUT2D eigenvalue weighted by atomic mass is 16.1. The van der Waals surface area contributed by atoms with E-state index in [4.69, 9.17) is 0 Å². The summed E-state index contributed by atoms with van der Waals surface area (Å²) in [7, 11) is 0. The van der Waals surface area contributed by atoms with Gasteiger partial charge in [0.1, 0.15) is 0 Å². The van der Waals surface area contributed by atoms with E-state index >= 15 is 0 Å². The molecule has 0 N–H and O–H groups in total. The number of pyridine rings is 1. The lowest BCUT2D eigenvalue weighted by molar-refractivity contribution is 0.104. The standard InChI is InChI=1S/C17H11NO/c1-10-5-4-8-13-14(10)16-15(17(13)19)12-7-3-2-6-11(12)9-18-16/h2-9H,1H3. The zero-order valence-corrected chi connectivity index (χ0v) is 10.5. The summed E-state index contributed by atoms with van der Waals surface area (Å²) >= 11 is 0. The number of fused-ring (bicyclic) bond motifs is 5. The Hall–Kier alpha value is -2.48. The second-order valence-electron chi connectivity index (χ2n) is 4.90. The predicted octanol–water partition coefficient (Wildman–Crippen LogP) is 3.75. The number of benzene rings is 2. The fourth-order valence-corrected chi connectivity index (χ4v) is 2.89. The number of carbonyl (C=O) groups excluding carboxylic acids is 1. The van der Waals surface area contributed by atoms with Gasteiger partial charge in [-0.05, 0) is 17.9 Å². The summed E-state index contributed by atoms with van der Waals surface area (Å²) in [6.45, 7) is 2.03. The molecule has 0 saturated heterocycles. The van der Waals surface area contributed by atoms with E-state index in [0.29, 0.717) is 0 Å². The molecule has 0 amide bonds. The minimum absolute atomic E-state index is 0.0954. The molecule has 0 saturated carbocycles. The summed E-state index contributed by atoms with van der Waals surface area (Å²) < 4.78 is 0. The van der Waals surface area contributed by atoms with Crippen LogP contribution in [0.2, 0.25) is 0 Å². The number of ketones is 1. The molecule has 1 aromatic heterocycles. The molecular weight excluding hydrogens is 234 g/mol. The van der Waals surface area contributed by atoms with Gasteiger partial charge < -0.3 is 0 Å². The van der Waals surface area contributed by atoms with Gasteiger partial charge in [0.2, 0.25) is 0 Å². The van der Waals surface area contributed by atoms with Crippen LogP contribution in [0.3, 0.4) is 0 Å². The third-order valence-corrected chi connectivity index (χ3v) is 3.78. The van der Waals surface area contributed by atoms with Gasteiger partial charge in [-0.15, -0.1) is 0 Å². The summed E-state index contributed by atoms with van der Waals surface area (Å²) in [5.74, 6) is 0.0954. The molecule has 19 heavy (non-hydrogen) atoms. The number of rotatable bonds is 0. The molecule has 0 fully saturated rings. The number of aryl methyl sites for hydroxylation is 1. The minimum Gasteiger partial charge on any atom is -0.288 e. The average Bonchev–Trinajstić information content (AvgIpc) is 2.74. The smallest absolute Gasteiger partial charge is 0.196 e. The van der Waals surface area contributed by atoms with E-state index in [9.17, 15) is 4.79 Å². The summed E-state index contributed by atoms with van der Waals surface area (Å²) in [5.41, 5.74) is 4.46. The lowest BCUT2D eigenvalue weighted by Gasteiger charge is -2.04. The molecule has 1 heterocycles. The third kappa shape index (κ3) is 1.26. The quantitative estimate of drug-likeness (QED) is 0.472. The van der Waals surface area contributed by atoms with Crippen molar-refractivity contribution in [2.24, 2.45) is 0 Å². The fraction of sp³-hybridized carbons (Fsp3) is 0.0588. The molecule has 4 rings (SSSR count). The van der Waals surface area contributed by atoms with Crippen LogP contribution in [0.15, 0.2) is 48.7 Å². The Kier molecular flexibility index (Phi) is 1.93. The molecule has 0 atom stereocenters. The highest BCUT2D eigenvalue weighted by Gasteiger charge is 2.30.